The summed E-state index contributed by atoms with van der Waals surface area (Å²) >= 11 is 0. The van der Waals surface area contributed by atoms with Crippen molar-refractivity contribution in [2.24, 2.45) is 5.73 Å². The van der Waals surface area contributed by atoms with Gasteiger partial charge in [0.1, 0.15) is 0 Å². The first kappa shape index (κ1) is 13.8. The molecule has 86 valence electrons. The van der Waals surface area contributed by atoms with Gasteiger partial charge in [0, 0.05) is 33.4 Å². The van der Waals surface area contributed by atoms with Crippen LogP contribution in [0.1, 0.15) is 13.3 Å². The van der Waals surface area contributed by atoms with Gasteiger partial charge in [-0.05, 0) is 19.9 Å². The third-order valence-corrected chi connectivity index (χ3v) is 2.12. The summed E-state index contributed by atoms with van der Waals surface area (Å²) in [7, 11) is 3.44. The van der Waals surface area contributed by atoms with E-state index in [1.807, 2.05) is 6.92 Å². The molecule has 0 saturated carbocycles. The topological polar surface area (TPSA) is 47.7 Å². The molecule has 0 fully saturated rings. The third kappa shape index (κ3) is 8.44. The molecule has 4 nitrogen and oxygen atoms in total. The Balaban J connectivity index is 3.60. The van der Waals surface area contributed by atoms with E-state index in [-0.39, 0.29) is 6.04 Å². The van der Waals surface area contributed by atoms with Crippen LogP contribution in [0.5, 0.6) is 0 Å². The molecule has 0 aliphatic heterocycles. The Morgan fingerprint density at radius 3 is 1.93 bits per heavy atom. The van der Waals surface area contributed by atoms with Crippen molar-refractivity contribution in [3.63, 3.8) is 0 Å². The highest BCUT2D eigenvalue weighted by molar-refractivity contribution is 4.61. The Kier molecular flexibility index (Phi) is 9.29. The maximum atomic E-state index is 5.71. The average Bonchev–Trinajstić information content (AvgIpc) is 2.16. The summed E-state index contributed by atoms with van der Waals surface area (Å²) < 4.78 is 10.1. The molecule has 0 amide bonds. The fourth-order valence-electron chi connectivity index (χ4n) is 1.16. The number of hydrogen-bond donors (Lipinski definition) is 1. The van der Waals surface area contributed by atoms with Crippen LogP contribution in [0, 0.1) is 0 Å². The molecule has 4 heteroatoms. The van der Waals surface area contributed by atoms with E-state index in [4.69, 9.17) is 15.2 Å². The fraction of sp³-hybridized carbons (Fsp3) is 1.00. The summed E-state index contributed by atoms with van der Waals surface area (Å²) in [5.41, 5.74) is 5.71. The molecule has 0 aromatic carbocycles. The van der Waals surface area contributed by atoms with E-state index in [2.05, 4.69) is 4.90 Å². The van der Waals surface area contributed by atoms with Gasteiger partial charge < -0.3 is 15.2 Å². The molecule has 0 aliphatic carbocycles. The predicted molar refractivity (Wildman–Crippen MR) is 58.5 cm³/mol. The zero-order valence-corrected chi connectivity index (χ0v) is 9.66. The average molecular weight is 204 g/mol. The molecule has 0 saturated heterocycles. The van der Waals surface area contributed by atoms with Crippen LogP contribution in [0.3, 0.4) is 0 Å². The molecule has 0 bridgehead atoms. The van der Waals surface area contributed by atoms with Gasteiger partial charge >= 0.3 is 0 Å². The summed E-state index contributed by atoms with van der Waals surface area (Å²) in [4.78, 5) is 2.32. The zero-order chi connectivity index (χ0) is 10.8. The smallest absolute Gasteiger partial charge is 0.0589 e. The Morgan fingerprint density at radius 1 is 1.07 bits per heavy atom. The fourth-order valence-corrected chi connectivity index (χ4v) is 1.16. The first-order valence-electron chi connectivity index (χ1n) is 5.16. The van der Waals surface area contributed by atoms with E-state index in [9.17, 15) is 0 Å². The minimum absolute atomic E-state index is 0.266. The zero-order valence-electron chi connectivity index (χ0n) is 9.66. The molecule has 0 rings (SSSR count). The Hall–Kier alpha value is -0.160. The second kappa shape index (κ2) is 9.40. The first-order valence-corrected chi connectivity index (χ1v) is 5.16. The SMILES string of the molecule is COCCN(CCOC)CCC(C)N. The van der Waals surface area contributed by atoms with Crippen molar-refractivity contribution in [2.75, 3.05) is 47.1 Å². The van der Waals surface area contributed by atoms with Gasteiger partial charge in [0.15, 0.2) is 0 Å². The number of methoxy groups -OCH3 is 2. The van der Waals surface area contributed by atoms with Crippen LogP contribution >= 0.6 is 0 Å². The highest BCUT2D eigenvalue weighted by atomic mass is 16.5. The van der Waals surface area contributed by atoms with E-state index in [0.717, 1.165) is 39.3 Å². The molecule has 1 atom stereocenters. The molecule has 2 N–H and O–H groups in total. The maximum absolute atomic E-state index is 5.71. The minimum atomic E-state index is 0.266. The van der Waals surface area contributed by atoms with Gasteiger partial charge in [-0.2, -0.15) is 0 Å². The molecule has 0 spiro atoms. The lowest BCUT2D eigenvalue weighted by Gasteiger charge is -2.22. The van der Waals surface area contributed by atoms with Crippen LogP contribution in [0.4, 0.5) is 0 Å². The second-order valence-corrected chi connectivity index (χ2v) is 3.59. The predicted octanol–water partition coefficient (Wildman–Crippen LogP) is 0.319. The van der Waals surface area contributed by atoms with Gasteiger partial charge in [-0.3, -0.25) is 4.90 Å². The Morgan fingerprint density at radius 2 is 1.57 bits per heavy atom. The molecular weight excluding hydrogens is 180 g/mol. The lowest BCUT2D eigenvalue weighted by Crippen LogP contribution is -2.34. The molecule has 1 unspecified atom stereocenters. The van der Waals surface area contributed by atoms with Gasteiger partial charge in [0.25, 0.3) is 0 Å². The van der Waals surface area contributed by atoms with E-state index < -0.39 is 0 Å². The normalized spacial score (nSPS) is 13.5. The van der Waals surface area contributed by atoms with Crippen LogP contribution in [0.25, 0.3) is 0 Å². The highest BCUT2D eigenvalue weighted by Gasteiger charge is 2.05. The molecule has 0 aromatic heterocycles. The van der Waals surface area contributed by atoms with Crippen LogP contribution in [-0.2, 0) is 9.47 Å². The van der Waals surface area contributed by atoms with E-state index in [1.165, 1.54) is 0 Å². The summed E-state index contributed by atoms with van der Waals surface area (Å²) in [6, 6.07) is 0.266. The molecular formula is C10H24N2O2. The van der Waals surface area contributed by atoms with E-state index in [0.29, 0.717) is 0 Å². The number of nitrogens with two attached hydrogens (primary N) is 1. The van der Waals surface area contributed by atoms with E-state index >= 15 is 0 Å². The molecule has 0 aliphatic rings. The molecule has 0 heterocycles. The number of rotatable bonds is 9. The number of ether oxygens (including phenoxy) is 2. The van der Waals surface area contributed by atoms with Crippen molar-refractivity contribution in [1.82, 2.24) is 4.90 Å². The highest BCUT2D eigenvalue weighted by Crippen LogP contribution is 1.94. The quantitative estimate of drug-likeness (QED) is 0.587. The van der Waals surface area contributed by atoms with Crippen molar-refractivity contribution >= 4 is 0 Å². The number of hydrogen-bond acceptors (Lipinski definition) is 4. The van der Waals surface area contributed by atoms with Crippen LogP contribution in [-0.4, -0.2) is 58.0 Å². The Bertz CT molecular complexity index is 113. The summed E-state index contributed by atoms with van der Waals surface area (Å²) in [6.07, 6.45) is 1.02. The van der Waals surface area contributed by atoms with Crippen molar-refractivity contribution in [1.29, 1.82) is 0 Å². The maximum Gasteiger partial charge on any atom is 0.0589 e. The molecule has 14 heavy (non-hydrogen) atoms. The van der Waals surface area contributed by atoms with Crippen molar-refractivity contribution in [2.45, 2.75) is 19.4 Å². The van der Waals surface area contributed by atoms with Crippen molar-refractivity contribution in [3.8, 4) is 0 Å². The molecule has 0 radical (unpaired) electrons. The molecule has 0 aromatic rings. The first-order chi connectivity index (χ1) is 6.70. The van der Waals surface area contributed by atoms with Crippen LogP contribution < -0.4 is 5.73 Å². The van der Waals surface area contributed by atoms with Gasteiger partial charge in [0.05, 0.1) is 13.2 Å². The standard InChI is InChI=1S/C10H24N2O2/c1-10(11)4-5-12(6-8-13-2)7-9-14-3/h10H,4-9,11H2,1-3H3. The monoisotopic (exact) mass is 204 g/mol. The Labute approximate surface area is 87.4 Å². The summed E-state index contributed by atoms with van der Waals surface area (Å²) in [6.45, 7) is 6.49. The largest absolute Gasteiger partial charge is 0.383 e. The lowest BCUT2D eigenvalue weighted by molar-refractivity contribution is 0.112. The van der Waals surface area contributed by atoms with Gasteiger partial charge in [-0.1, -0.05) is 0 Å². The summed E-state index contributed by atoms with van der Waals surface area (Å²) in [5, 5.41) is 0. The lowest BCUT2D eigenvalue weighted by atomic mass is 10.2. The van der Waals surface area contributed by atoms with Crippen LogP contribution in [0.2, 0.25) is 0 Å². The minimum Gasteiger partial charge on any atom is -0.383 e. The van der Waals surface area contributed by atoms with Gasteiger partial charge in [-0.25, -0.2) is 0 Å². The van der Waals surface area contributed by atoms with Crippen molar-refractivity contribution < 1.29 is 9.47 Å². The van der Waals surface area contributed by atoms with Crippen molar-refractivity contribution in [3.05, 3.63) is 0 Å². The number of nitrogens with zero attached hydrogens (tertiary/aromatic N) is 1. The third-order valence-electron chi connectivity index (χ3n) is 2.12. The second-order valence-electron chi connectivity index (χ2n) is 3.59. The summed E-state index contributed by atoms with van der Waals surface area (Å²) in [5.74, 6) is 0. The van der Waals surface area contributed by atoms with Crippen LogP contribution in [0.15, 0.2) is 0 Å². The van der Waals surface area contributed by atoms with E-state index in [1.54, 1.807) is 14.2 Å². The van der Waals surface area contributed by atoms with Gasteiger partial charge in [0.2, 0.25) is 0 Å². The van der Waals surface area contributed by atoms with Gasteiger partial charge in [-0.15, -0.1) is 0 Å².